The summed E-state index contributed by atoms with van der Waals surface area (Å²) in [6, 6.07) is 12.3. The van der Waals surface area contributed by atoms with Crippen molar-refractivity contribution in [2.75, 3.05) is 18.4 Å². The molecule has 1 fully saturated rings. The first-order valence-electron chi connectivity index (χ1n) is 9.71. The van der Waals surface area contributed by atoms with Crippen molar-refractivity contribution in [1.82, 2.24) is 9.88 Å². The van der Waals surface area contributed by atoms with Crippen LogP contribution in [0.5, 0.6) is 0 Å². The van der Waals surface area contributed by atoms with Crippen LogP contribution in [0.3, 0.4) is 0 Å². The van der Waals surface area contributed by atoms with Crippen molar-refractivity contribution in [3.63, 3.8) is 0 Å². The van der Waals surface area contributed by atoms with Crippen molar-refractivity contribution < 1.29 is 9.18 Å². The van der Waals surface area contributed by atoms with Gasteiger partial charge in [-0.05, 0) is 67.2 Å². The zero-order valence-electron chi connectivity index (χ0n) is 16.0. The van der Waals surface area contributed by atoms with Crippen molar-refractivity contribution in [3.05, 3.63) is 59.4 Å². The lowest BCUT2D eigenvalue weighted by Gasteiger charge is -2.30. The van der Waals surface area contributed by atoms with E-state index in [0.717, 1.165) is 41.3 Å². The van der Waals surface area contributed by atoms with Crippen LogP contribution in [0.15, 0.2) is 42.5 Å². The molecule has 146 valence electrons. The molecular weight excluding hydrogens is 373 g/mol. The summed E-state index contributed by atoms with van der Waals surface area (Å²) in [7, 11) is 0. The highest BCUT2D eigenvalue weighted by atomic mass is 32.1. The van der Waals surface area contributed by atoms with Crippen molar-refractivity contribution >= 4 is 32.6 Å². The molecule has 1 N–H and O–H groups in total. The van der Waals surface area contributed by atoms with Gasteiger partial charge >= 0.3 is 0 Å². The van der Waals surface area contributed by atoms with Crippen molar-refractivity contribution in [3.8, 4) is 0 Å². The van der Waals surface area contributed by atoms with E-state index in [4.69, 9.17) is 0 Å². The van der Waals surface area contributed by atoms with Crippen LogP contribution in [0.1, 0.15) is 30.9 Å². The van der Waals surface area contributed by atoms with Gasteiger partial charge in [0.15, 0.2) is 5.13 Å². The Bertz CT molecular complexity index is 962. The Morgan fingerprint density at radius 3 is 2.64 bits per heavy atom. The molecular formula is C22H24FN3OS. The van der Waals surface area contributed by atoms with Gasteiger partial charge in [-0.3, -0.25) is 9.69 Å². The molecule has 2 heterocycles. The topological polar surface area (TPSA) is 45.2 Å². The third-order valence-corrected chi connectivity index (χ3v) is 6.19. The zero-order chi connectivity index (χ0) is 19.5. The van der Waals surface area contributed by atoms with E-state index >= 15 is 0 Å². The minimum atomic E-state index is -0.301. The monoisotopic (exact) mass is 397 g/mol. The number of fused-ring (bicyclic) bond motifs is 1. The fraction of sp³-hybridized carbons (Fsp3) is 0.364. The Labute approximate surface area is 168 Å². The van der Waals surface area contributed by atoms with Crippen LogP contribution in [-0.2, 0) is 17.8 Å². The predicted octanol–water partition coefficient (Wildman–Crippen LogP) is 4.85. The molecule has 0 aliphatic carbocycles. The number of rotatable bonds is 5. The summed E-state index contributed by atoms with van der Waals surface area (Å²) in [6.45, 7) is 5.61. The number of hydrogen-bond acceptors (Lipinski definition) is 4. The highest BCUT2D eigenvalue weighted by molar-refractivity contribution is 7.22. The smallest absolute Gasteiger partial charge is 0.230 e. The maximum absolute atomic E-state index is 13.0. The van der Waals surface area contributed by atoms with Gasteiger partial charge in [0, 0.05) is 6.54 Å². The van der Waals surface area contributed by atoms with Crippen LogP contribution in [0.4, 0.5) is 9.52 Å². The van der Waals surface area contributed by atoms with Gasteiger partial charge in [-0.15, -0.1) is 0 Å². The Balaban J connectivity index is 1.40. The second-order valence-electron chi connectivity index (χ2n) is 7.63. The molecule has 1 amide bonds. The predicted molar refractivity (Wildman–Crippen MR) is 112 cm³/mol. The van der Waals surface area contributed by atoms with Crippen LogP contribution in [0.25, 0.3) is 10.2 Å². The van der Waals surface area contributed by atoms with E-state index in [0.29, 0.717) is 5.13 Å². The maximum Gasteiger partial charge on any atom is 0.230 e. The fourth-order valence-electron chi connectivity index (χ4n) is 3.55. The van der Waals surface area contributed by atoms with E-state index in [1.807, 2.05) is 6.07 Å². The molecule has 2 aromatic carbocycles. The van der Waals surface area contributed by atoms with E-state index in [9.17, 15) is 9.18 Å². The van der Waals surface area contributed by atoms with Crippen molar-refractivity contribution in [2.24, 2.45) is 5.92 Å². The quantitative estimate of drug-likeness (QED) is 0.669. The largest absolute Gasteiger partial charge is 0.302 e. The number of nitrogens with zero attached hydrogens (tertiary/aromatic N) is 2. The molecule has 0 atom stereocenters. The van der Waals surface area contributed by atoms with Gasteiger partial charge < -0.3 is 5.32 Å². The molecule has 0 saturated carbocycles. The van der Waals surface area contributed by atoms with E-state index in [1.54, 1.807) is 12.1 Å². The number of amides is 1. The Hall–Kier alpha value is -2.31. The first-order valence-corrected chi connectivity index (χ1v) is 10.5. The average molecular weight is 398 g/mol. The van der Waals surface area contributed by atoms with E-state index in [2.05, 4.69) is 34.3 Å². The molecule has 4 rings (SSSR count). The van der Waals surface area contributed by atoms with Gasteiger partial charge in [-0.25, -0.2) is 9.37 Å². The van der Waals surface area contributed by atoms with Crippen LogP contribution in [-0.4, -0.2) is 28.9 Å². The number of carbonyl (C=O) groups excluding carboxylic acids is 1. The highest BCUT2D eigenvalue weighted by Gasteiger charge is 2.16. The highest BCUT2D eigenvalue weighted by Crippen LogP contribution is 2.28. The molecule has 0 unspecified atom stereocenters. The molecule has 6 heteroatoms. The van der Waals surface area contributed by atoms with E-state index < -0.39 is 0 Å². The molecule has 1 saturated heterocycles. The van der Waals surface area contributed by atoms with Crippen LogP contribution >= 0.6 is 11.3 Å². The Morgan fingerprint density at radius 2 is 1.89 bits per heavy atom. The molecule has 1 aromatic heterocycles. The second-order valence-corrected chi connectivity index (χ2v) is 8.66. The Morgan fingerprint density at radius 1 is 1.18 bits per heavy atom. The number of likely N-dealkylation sites (tertiary alicyclic amines) is 1. The van der Waals surface area contributed by atoms with Crippen LogP contribution < -0.4 is 5.32 Å². The van der Waals surface area contributed by atoms with Gasteiger partial charge in [0.1, 0.15) is 5.82 Å². The van der Waals surface area contributed by atoms with Gasteiger partial charge in [0.05, 0.1) is 16.6 Å². The molecule has 3 aromatic rings. The molecule has 0 radical (unpaired) electrons. The molecule has 0 bridgehead atoms. The number of aromatic nitrogens is 1. The minimum Gasteiger partial charge on any atom is -0.302 e. The summed E-state index contributed by atoms with van der Waals surface area (Å²) in [5, 5.41) is 3.47. The SMILES string of the molecule is CC1CCN(Cc2ccc3nc(NC(=O)Cc4ccc(F)cc4)sc3c2)CC1. The third-order valence-electron chi connectivity index (χ3n) is 5.26. The van der Waals surface area contributed by atoms with Gasteiger partial charge in [-0.1, -0.05) is 36.5 Å². The molecule has 0 spiro atoms. The number of carbonyl (C=O) groups is 1. The lowest BCUT2D eigenvalue weighted by atomic mass is 9.99. The summed E-state index contributed by atoms with van der Waals surface area (Å²) in [5.74, 6) is 0.389. The van der Waals surface area contributed by atoms with Crippen LogP contribution in [0, 0.1) is 11.7 Å². The maximum atomic E-state index is 13.0. The first kappa shape index (κ1) is 19.0. The summed E-state index contributed by atoms with van der Waals surface area (Å²) >= 11 is 1.49. The molecule has 28 heavy (non-hydrogen) atoms. The average Bonchev–Trinajstić information content (AvgIpc) is 3.07. The molecule has 1 aliphatic rings. The molecule has 4 nitrogen and oxygen atoms in total. The summed E-state index contributed by atoms with van der Waals surface area (Å²) in [6.07, 6.45) is 2.74. The third kappa shape index (κ3) is 4.75. The standard InChI is InChI=1S/C22H24FN3OS/c1-15-8-10-26(11-9-15)14-17-4-7-19-20(12-17)28-22(24-19)25-21(27)13-16-2-5-18(23)6-3-16/h2-7,12,15H,8-11,13-14H2,1H3,(H,24,25,27). The number of piperidine rings is 1. The lowest BCUT2D eigenvalue weighted by molar-refractivity contribution is -0.115. The van der Waals surface area contributed by atoms with E-state index in [1.165, 1.54) is 41.9 Å². The summed E-state index contributed by atoms with van der Waals surface area (Å²) < 4.78 is 14.1. The van der Waals surface area contributed by atoms with Gasteiger partial charge in [-0.2, -0.15) is 0 Å². The number of anilines is 1. The number of hydrogen-bond donors (Lipinski definition) is 1. The molecule has 1 aliphatic heterocycles. The van der Waals surface area contributed by atoms with Crippen molar-refractivity contribution in [1.29, 1.82) is 0 Å². The normalized spacial score (nSPS) is 15.8. The first-order chi connectivity index (χ1) is 13.5. The second kappa shape index (κ2) is 8.37. The number of halogens is 1. The fourth-order valence-corrected chi connectivity index (χ4v) is 4.50. The van der Waals surface area contributed by atoms with E-state index in [-0.39, 0.29) is 18.1 Å². The number of benzene rings is 2. The number of thiazole rings is 1. The zero-order valence-corrected chi connectivity index (χ0v) is 16.8. The minimum absolute atomic E-state index is 0.145. The van der Waals surface area contributed by atoms with Gasteiger partial charge in [0.25, 0.3) is 0 Å². The Kier molecular flexibility index (Phi) is 5.69. The van der Waals surface area contributed by atoms with Gasteiger partial charge in [0.2, 0.25) is 5.91 Å². The lowest BCUT2D eigenvalue weighted by Crippen LogP contribution is -2.32. The summed E-state index contributed by atoms with van der Waals surface area (Å²) in [4.78, 5) is 19.3. The summed E-state index contributed by atoms with van der Waals surface area (Å²) in [5.41, 5.74) is 2.96. The number of nitrogens with one attached hydrogen (secondary N) is 1. The van der Waals surface area contributed by atoms with Crippen LogP contribution in [0.2, 0.25) is 0 Å². The van der Waals surface area contributed by atoms with Crippen molar-refractivity contribution in [2.45, 2.75) is 32.7 Å².